The van der Waals surface area contributed by atoms with Crippen molar-refractivity contribution in [2.45, 2.75) is 6.04 Å². The number of hydrogen-bond donors (Lipinski definition) is 1. The molecular weight excluding hydrogens is 209 g/mol. The highest BCUT2D eigenvalue weighted by Gasteiger charge is 2.24. The number of rotatable bonds is 1. The molecule has 0 unspecified atom stereocenters. The van der Waals surface area contributed by atoms with Gasteiger partial charge in [-0.05, 0) is 17.7 Å². The largest absolute Gasteiger partial charge is 0.447 e. The monoisotopic (exact) mass is 215 g/mol. The number of nitrogens with one attached hydrogen (secondary N) is 1. The molecule has 1 heterocycles. The number of amides is 1. The van der Waals surface area contributed by atoms with E-state index in [1.807, 2.05) is 0 Å². The van der Waals surface area contributed by atoms with Crippen molar-refractivity contribution in [3.8, 4) is 0 Å². The second kappa shape index (κ2) is 3.46. The van der Waals surface area contributed by atoms with Crippen molar-refractivity contribution < 1.29 is 13.9 Å². The van der Waals surface area contributed by atoms with E-state index in [0.29, 0.717) is 5.56 Å². The van der Waals surface area contributed by atoms with Crippen LogP contribution >= 0.6 is 11.6 Å². The molecule has 1 aromatic carbocycles. The minimum absolute atomic E-state index is 0.0685. The summed E-state index contributed by atoms with van der Waals surface area (Å²) in [6, 6.07) is 4.12. The maximum atomic E-state index is 13.0. The summed E-state index contributed by atoms with van der Waals surface area (Å²) >= 11 is 5.52. The van der Waals surface area contributed by atoms with Gasteiger partial charge in [-0.1, -0.05) is 17.7 Å². The Labute approximate surface area is 84.8 Å². The molecule has 0 spiro atoms. The fourth-order valence-electron chi connectivity index (χ4n) is 1.29. The van der Waals surface area contributed by atoms with Gasteiger partial charge in [-0.25, -0.2) is 9.18 Å². The van der Waals surface area contributed by atoms with Gasteiger partial charge in [-0.2, -0.15) is 0 Å². The predicted octanol–water partition coefficient (Wildman–Crippen LogP) is 2.26. The van der Waals surface area contributed by atoms with Crippen LogP contribution in [0.3, 0.4) is 0 Å². The first-order chi connectivity index (χ1) is 6.66. The van der Waals surface area contributed by atoms with Crippen LogP contribution < -0.4 is 5.32 Å². The van der Waals surface area contributed by atoms with Crippen molar-refractivity contribution >= 4 is 17.7 Å². The number of carbonyl (C=O) groups is 1. The smallest absolute Gasteiger partial charge is 0.407 e. The Kier molecular flexibility index (Phi) is 2.29. The van der Waals surface area contributed by atoms with Crippen LogP contribution in [0.25, 0.3) is 0 Å². The Bertz CT molecular complexity index is 383. The molecule has 14 heavy (non-hydrogen) atoms. The molecule has 0 radical (unpaired) electrons. The lowest BCUT2D eigenvalue weighted by molar-refractivity contribution is 0.177. The van der Waals surface area contributed by atoms with Crippen molar-refractivity contribution in [3.05, 3.63) is 34.6 Å². The van der Waals surface area contributed by atoms with Crippen LogP contribution in [0.1, 0.15) is 11.6 Å². The van der Waals surface area contributed by atoms with Crippen molar-refractivity contribution in [1.82, 2.24) is 5.32 Å². The van der Waals surface area contributed by atoms with Gasteiger partial charge in [0.25, 0.3) is 0 Å². The van der Waals surface area contributed by atoms with E-state index in [1.54, 1.807) is 6.07 Å². The molecule has 1 N–H and O–H groups in total. The van der Waals surface area contributed by atoms with E-state index in [9.17, 15) is 9.18 Å². The summed E-state index contributed by atoms with van der Waals surface area (Å²) in [4.78, 5) is 10.7. The highest BCUT2D eigenvalue weighted by atomic mass is 35.5. The Hall–Kier alpha value is -1.29. The maximum Gasteiger partial charge on any atom is 0.407 e. The van der Waals surface area contributed by atoms with E-state index >= 15 is 0 Å². The standard InChI is InChI=1S/C9H7ClFNO2/c10-6-2-1-5(3-7(6)11)8-4-14-9(13)12-8/h1-3,8H,4H2,(H,12,13)/t8-/m0/s1. The molecule has 1 fully saturated rings. The molecule has 74 valence electrons. The minimum atomic E-state index is -0.495. The van der Waals surface area contributed by atoms with E-state index in [0.717, 1.165) is 0 Å². The molecule has 5 heteroatoms. The first-order valence-corrected chi connectivity index (χ1v) is 4.43. The van der Waals surface area contributed by atoms with Gasteiger partial charge in [-0.15, -0.1) is 0 Å². The van der Waals surface area contributed by atoms with Gasteiger partial charge in [0.2, 0.25) is 0 Å². The van der Waals surface area contributed by atoms with Crippen molar-refractivity contribution in [3.63, 3.8) is 0 Å². The van der Waals surface area contributed by atoms with Gasteiger partial charge >= 0.3 is 6.09 Å². The van der Waals surface area contributed by atoms with E-state index < -0.39 is 11.9 Å². The van der Waals surface area contributed by atoms with Gasteiger partial charge in [0.05, 0.1) is 11.1 Å². The molecule has 0 aromatic heterocycles. The van der Waals surface area contributed by atoms with Crippen LogP contribution in [0.2, 0.25) is 5.02 Å². The summed E-state index contributed by atoms with van der Waals surface area (Å²) in [6.07, 6.45) is -0.481. The lowest BCUT2D eigenvalue weighted by Crippen LogP contribution is -2.18. The highest BCUT2D eigenvalue weighted by Crippen LogP contribution is 2.22. The molecular formula is C9H7ClFNO2. The average molecular weight is 216 g/mol. The molecule has 1 aliphatic heterocycles. The first-order valence-electron chi connectivity index (χ1n) is 4.05. The Morgan fingerprint density at radius 3 is 2.93 bits per heavy atom. The van der Waals surface area contributed by atoms with E-state index in [4.69, 9.17) is 11.6 Å². The molecule has 1 saturated heterocycles. The molecule has 0 bridgehead atoms. The number of hydrogen-bond acceptors (Lipinski definition) is 2. The maximum absolute atomic E-state index is 13.0. The van der Waals surface area contributed by atoms with Gasteiger partial charge in [0.1, 0.15) is 12.4 Å². The van der Waals surface area contributed by atoms with Crippen LogP contribution in [0.5, 0.6) is 0 Å². The summed E-state index contributed by atoms with van der Waals surface area (Å²) in [5, 5.41) is 2.61. The number of carbonyl (C=O) groups excluding carboxylic acids is 1. The third-order valence-corrected chi connectivity index (χ3v) is 2.33. The summed E-state index contributed by atoms with van der Waals surface area (Å²) in [6.45, 7) is 0.222. The third kappa shape index (κ3) is 1.65. The van der Waals surface area contributed by atoms with Crippen molar-refractivity contribution in [2.75, 3.05) is 6.61 Å². The summed E-state index contributed by atoms with van der Waals surface area (Å²) in [5.74, 6) is -0.495. The fourth-order valence-corrected chi connectivity index (χ4v) is 1.41. The molecule has 0 aliphatic carbocycles. The fraction of sp³-hybridized carbons (Fsp3) is 0.222. The first kappa shape index (κ1) is 9.27. The second-order valence-electron chi connectivity index (χ2n) is 2.97. The van der Waals surface area contributed by atoms with Gasteiger partial charge in [0, 0.05) is 0 Å². The number of halogens is 2. The zero-order valence-corrected chi connectivity index (χ0v) is 7.84. The minimum Gasteiger partial charge on any atom is -0.447 e. The van der Waals surface area contributed by atoms with E-state index in [-0.39, 0.29) is 17.7 Å². The molecule has 1 aromatic rings. The van der Waals surface area contributed by atoms with Crippen molar-refractivity contribution in [2.24, 2.45) is 0 Å². The number of cyclic esters (lactones) is 1. The highest BCUT2D eigenvalue weighted by molar-refractivity contribution is 6.30. The summed E-state index contributed by atoms with van der Waals surface area (Å²) in [5.41, 5.74) is 0.651. The van der Waals surface area contributed by atoms with Crippen LogP contribution in [0.15, 0.2) is 18.2 Å². The number of alkyl carbamates (subject to hydrolysis) is 1. The van der Waals surface area contributed by atoms with Crippen LogP contribution in [0.4, 0.5) is 9.18 Å². The van der Waals surface area contributed by atoms with Crippen molar-refractivity contribution in [1.29, 1.82) is 0 Å². The van der Waals surface area contributed by atoms with Gasteiger partial charge < -0.3 is 10.1 Å². The van der Waals surface area contributed by atoms with Crippen LogP contribution in [-0.2, 0) is 4.74 Å². The zero-order chi connectivity index (χ0) is 10.1. The van der Waals surface area contributed by atoms with Gasteiger partial charge in [0.15, 0.2) is 0 Å². The second-order valence-corrected chi connectivity index (χ2v) is 3.38. The molecule has 3 nitrogen and oxygen atoms in total. The lowest BCUT2D eigenvalue weighted by atomic mass is 10.1. The zero-order valence-electron chi connectivity index (χ0n) is 7.09. The quantitative estimate of drug-likeness (QED) is 0.781. The van der Waals surface area contributed by atoms with Gasteiger partial charge in [-0.3, -0.25) is 0 Å². The third-order valence-electron chi connectivity index (χ3n) is 2.02. The number of ether oxygens (including phenoxy) is 1. The Balaban J connectivity index is 2.24. The van der Waals surface area contributed by atoms with Crippen LogP contribution in [0, 0.1) is 5.82 Å². The SMILES string of the molecule is O=C1N[C@H](c2ccc(Cl)c(F)c2)CO1. The summed E-state index contributed by atoms with van der Waals surface area (Å²) in [7, 11) is 0. The predicted molar refractivity (Wildman–Crippen MR) is 48.6 cm³/mol. The van der Waals surface area contributed by atoms with E-state index in [1.165, 1.54) is 12.1 Å². The molecule has 1 amide bonds. The molecule has 0 saturated carbocycles. The Morgan fingerprint density at radius 1 is 1.57 bits per heavy atom. The Morgan fingerprint density at radius 2 is 2.36 bits per heavy atom. The summed E-state index contributed by atoms with van der Waals surface area (Å²) < 4.78 is 17.7. The number of benzene rings is 1. The van der Waals surface area contributed by atoms with Crippen LogP contribution in [-0.4, -0.2) is 12.7 Å². The molecule has 1 atom stereocenters. The normalized spacial score (nSPS) is 20.4. The lowest BCUT2D eigenvalue weighted by Gasteiger charge is -2.07. The topological polar surface area (TPSA) is 38.3 Å². The average Bonchev–Trinajstić information content (AvgIpc) is 2.57. The molecule has 1 aliphatic rings. The molecule has 2 rings (SSSR count). The van der Waals surface area contributed by atoms with E-state index in [2.05, 4.69) is 10.1 Å².